The number of aromatic nitrogens is 2. The number of carbonyl (C=O) groups is 2. The number of carbonyl (C=O) groups excluding carboxylic acids is 1. The van der Waals surface area contributed by atoms with Crippen LogP contribution in [0.4, 0.5) is 0 Å². The zero-order valence-electron chi connectivity index (χ0n) is 11.1. The van der Waals surface area contributed by atoms with E-state index in [-0.39, 0.29) is 5.56 Å². The van der Waals surface area contributed by atoms with Crippen molar-refractivity contribution in [1.29, 1.82) is 0 Å². The van der Waals surface area contributed by atoms with Gasteiger partial charge in [0, 0.05) is 5.69 Å². The number of carboxylic acids is 1. The molecule has 1 fully saturated rings. The van der Waals surface area contributed by atoms with Crippen molar-refractivity contribution in [3.63, 3.8) is 0 Å². The van der Waals surface area contributed by atoms with E-state index >= 15 is 0 Å². The number of rotatable bonds is 4. The lowest BCUT2D eigenvalue weighted by Gasteiger charge is -2.38. The first-order chi connectivity index (χ1) is 9.39. The third kappa shape index (κ3) is 2.43. The predicted molar refractivity (Wildman–Crippen MR) is 73.1 cm³/mol. The molecule has 1 heterocycles. The number of aryl methyl sites for hydroxylation is 1. The summed E-state index contributed by atoms with van der Waals surface area (Å²) < 4.78 is 0. The Hall–Kier alpha value is -1.83. The van der Waals surface area contributed by atoms with Gasteiger partial charge in [0.2, 0.25) is 0 Å². The average Bonchev–Trinajstić information content (AvgIpc) is 2.31. The molecule has 1 aliphatic carbocycles. The van der Waals surface area contributed by atoms with Crippen LogP contribution in [0.15, 0.2) is 9.82 Å². The van der Waals surface area contributed by atoms with Crippen LogP contribution in [0, 0.1) is 6.92 Å². The maximum absolute atomic E-state index is 12.3. The van der Waals surface area contributed by atoms with Crippen molar-refractivity contribution in [1.82, 2.24) is 15.3 Å². The van der Waals surface area contributed by atoms with E-state index in [1.54, 1.807) is 13.2 Å². The fraction of sp³-hybridized carbons (Fsp3) is 0.500. The van der Waals surface area contributed by atoms with Crippen LogP contribution in [0.2, 0.25) is 0 Å². The minimum Gasteiger partial charge on any atom is -0.480 e. The Morgan fingerprint density at radius 1 is 1.45 bits per heavy atom. The summed E-state index contributed by atoms with van der Waals surface area (Å²) in [5, 5.41) is 12.1. The Labute approximate surface area is 119 Å². The molecule has 8 heteroatoms. The molecule has 1 aromatic heterocycles. The number of hydrogen-bond acceptors (Lipinski definition) is 5. The van der Waals surface area contributed by atoms with E-state index in [0.717, 1.165) is 6.42 Å². The van der Waals surface area contributed by atoms with Gasteiger partial charge in [-0.05, 0) is 32.4 Å². The molecule has 7 nitrogen and oxygen atoms in total. The summed E-state index contributed by atoms with van der Waals surface area (Å²) >= 11 is 1.17. The highest BCUT2D eigenvalue weighted by Crippen LogP contribution is 2.32. The van der Waals surface area contributed by atoms with Crippen LogP contribution in [0.3, 0.4) is 0 Å². The number of carboxylic acid groups (broad SMARTS) is 1. The van der Waals surface area contributed by atoms with Crippen molar-refractivity contribution in [3.05, 3.63) is 21.7 Å². The molecular formula is C12H15N3O4S. The summed E-state index contributed by atoms with van der Waals surface area (Å²) in [5.74, 6) is -1.55. The summed E-state index contributed by atoms with van der Waals surface area (Å²) in [4.78, 5) is 41.1. The molecule has 20 heavy (non-hydrogen) atoms. The van der Waals surface area contributed by atoms with E-state index in [9.17, 15) is 19.5 Å². The number of hydrogen-bond donors (Lipinski definition) is 3. The van der Waals surface area contributed by atoms with Gasteiger partial charge >= 0.3 is 11.7 Å². The highest BCUT2D eigenvalue weighted by Gasteiger charge is 2.46. The molecule has 0 bridgehead atoms. The molecule has 1 aromatic rings. The number of aliphatic carboxylic acids is 1. The molecule has 0 aliphatic heterocycles. The monoisotopic (exact) mass is 297 g/mol. The van der Waals surface area contributed by atoms with Gasteiger partial charge in [-0.2, -0.15) is 4.98 Å². The fourth-order valence-electron chi connectivity index (χ4n) is 2.18. The van der Waals surface area contributed by atoms with E-state index in [1.807, 2.05) is 0 Å². The lowest BCUT2D eigenvalue weighted by Crippen LogP contribution is -2.59. The van der Waals surface area contributed by atoms with Crippen molar-refractivity contribution in [2.75, 3.05) is 6.26 Å². The molecule has 1 amide bonds. The number of aromatic amines is 1. The van der Waals surface area contributed by atoms with E-state index in [2.05, 4.69) is 15.3 Å². The molecule has 2 rings (SSSR count). The zero-order valence-corrected chi connectivity index (χ0v) is 12.0. The lowest BCUT2D eigenvalue weighted by molar-refractivity contribution is -0.148. The first kappa shape index (κ1) is 14.6. The molecule has 0 aromatic carbocycles. The van der Waals surface area contributed by atoms with Crippen molar-refractivity contribution < 1.29 is 14.7 Å². The van der Waals surface area contributed by atoms with Crippen molar-refractivity contribution >= 4 is 23.6 Å². The maximum Gasteiger partial charge on any atom is 0.346 e. The number of H-pyrrole nitrogens is 1. The second kappa shape index (κ2) is 5.28. The van der Waals surface area contributed by atoms with Gasteiger partial charge in [0.05, 0.1) is 5.56 Å². The van der Waals surface area contributed by atoms with Gasteiger partial charge in [0.1, 0.15) is 10.6 Å². The molecule has 0 saturated heterocycles. The highest BCUT2D eigenvalue weighted by molar-refractivity contribution is 7.98. The maximum atomic E-state index is 12.3. The summed E-state index contributed by atoms with van der Waals surface area (Å²) in [6.45, 7) is 1.59. The average molecular weight is 297 g/mol. The number of amides is 1. The summed E-state index contributed by atoms with van der Waals surface area (Å²) in [5.41, 5.74) is -1.11. The Balaban J connectivity index is 2.35. The van der Waals surface area contributed by atoms with Crippen LogP contribution in [0.1, 0.15) is 35.3 Å². The van der Waals surface area contributed by atoms with Gasteiger partial charge in [0.15, 0.2) is 0 Å². The van der Waals surface area contributed by atoms with Gasteiger partial charge in [-0.1, -0.05) is 0 Å². The molecule has 0 spiro atoms. The number of nitrogens with one attached hydrogen (secondary N) is 2. The molecule has 108 valence electrons. The first-order valence-corrected chi connectivity index (χ1v) is 7.33. The van der Waals surface area contributed by atoms with Crippen molar-refractivity contribution in [2.24, 2.45) is 0 Å². The van der Waals surface area contributed by atoms with Crippen LogP contribution >= 0.6 is 11.8 Å². The standard InChI is InChI=1S/C12H15N3O4S/c1-6-7(9(20-2)14-11(19)13-6)8(16)15-12(10(17)18)4-3-5-12/h3-5H2,1-2H3,(H,15,16)(H,17,18)(H,13,14,19). The van der Waals surface area contributed by atoms with E-state index in [4.69, 9.17) is 0 Å². The molecule has 0 radical (unpaired) electrons. The molecule has 3 N–H and O–H groups in total. The molecule has 0 atom stereocenters. The predicted octanol–water partition coefficient (Wildman–Crippen LogP) is 0.537. The molecule has 1 saturated carbocycles. The van der Waals surface area contributed by atoms with E-state index in [0.29, 0.717) is 23.6 Å². The molecule has 1 aliphatic rings. The Morgan fingerprint density at radius 3 is 2.55 bits per heavy atom. The van der Waals surface area contributed by atoms with E-state index < -0.39 is 23.1 Å². The van der Waals surface area contributed by atoms with Gasteiger partial charge in [-0.15, -0.1) is 11.8 Å². The first-order valence-electron chi connectivity index (χ1n) is 6.10. The normalized spacial score (nSPS) is 16.3. The van der Waals surface area contributed by atoms with Crippen LogP contribution in [-0.4, -0.2) is 38.7 Å². The lowest BCUT2D eigenvalue weighted by atomic mass is 9.76. The highest BCUT2D eigenvalue weighted by atomic mass is 32.2. The third-order valence-electron chi connectivity index (χ3n) is 3.48. The second-order valence-corrected chi connectivity index (χ2v) is 5.54. The Bertz CT molecular complexity index is 622. The summed E-state index contributed by atoms with van der Waals surface area (Å²) in [7, 11) is 0. The minimum atomic E-state index is -1.19. The second-order valence-electron chi connectivity index (χ2n) is 4.75. The topological polar surface area (TPSA) is 112 Å². The SMILES string of the molecule is CSc1nc(=O)[nH]c(C)c1C(=O)NC1(C(=O)O)CCC1. The Kier molecular flexibility index (Phi) is 3.85. The smallest absolute Gasteiger partial charge is 0.346 e. The van der Waals surface area contributed by atoms with Gasteiger partial charge in [-0.3, -0.25) is 4.79 Å². The Morgan fingerprint density at radius 2 is 2.10 bits per heavy atom. The third-order valence-corrected chi connectivity index (χ3v) is 4.16. The summed E-state index contributed by atoms with van der Waals surface area (Å²) in [6.07, 6.45) is 3.30. The fourth-order valence-corrected chi connectivity index (χ4v) is 2.80. The minimum absolute atomic E-state index is 0.227. The molecule has 0 unspecified atom stereocenters. The van der Waals surface area contributed by atoms with Crippen LogP contribution in [0.25, 0.3) is 0 Å². The van der Waals surface area contributed by atoms with Crippen molar-refractivity contribution in [3.8, 4) is 0 Å². The van der Waals surface area contributed by atoms with Gasteiger partial charge in [0.25, 0.3) is 5.91 Å². The van der Waals surface area contributed by atoms with E-state index in [1.165, 1.54) is 11.8 Å². The quantitative estimate of drug-likeness (QED) is 0.552. The molecular weight excluding hydrogens is 282 g/mol. The summed E-state index contributed by atoms with van der Waals surface area (Å²) in [6, 6.07) is 0. The van der Waals surface area contributed by atoms with Crippen LogP contribution < -0.4 is 11.0 Å². The van der Waals surface area contributed by atoms with Crippen LogP contribution in [0.5, 0.6) is 0 Å². The van der Waals surface area contributed by atoms with Gasteiger partial charge in [-0.25, -0.2) is 9.59 Å². The number of thioether (sulfide) groups is 1. The zero-order chi connectivity index (χ0) is 14.9. The van der Waals surface area contributed by atoms with Crippen molar-refractivity contribution in [2.45, 2.75) is 36.8 Å². The number of nitrogens with zero attached hydrogens (tertiary/aromatic N) is 1. The largest absolute Gasteiger partial charge is 0.480 e. The van der Waals surface area contributed by atoms with Gasteiger partial charge < -0.3 is 15.4 Å². The van der Waals surface area contributed by atoms with Crippen LogP contribution in [-0.2, 0) is 4.79 Å².